The van der Waals surface area contributed by atoms with Crippen molar-refractivity contribution in [3.05, 3.63) is 94.4 Å². The van der Waals surface area contributed by atoms with Gasteiger partial charge in [-0.15, -0.1) is 4.68 Å². The second-order valence-electron chi connectivity index (χ2n) is 8.32. The van der Waals surface area contributed by atoms with Crippen molar-refractivity contribution in [3.63, 3.8) is 0 Å². The van der Waals surface area contributed by atoms with E-state index in [4.69, 9.17) is 11.6 Å². The molecule has 0 unspecified atom stereocenters. The maximum Gasteiger partial charge on any atom is 0.295 e. The summed E-state index contributed by atoms with van der Waals surface area (Å²) in [4.78, 5) is 0. The van der Waals surface area contributed by atoms with Gasteiger partial charge in [-0.25, -0.2) is 4.68 Å². The Kier molecular flexibility index (Phi) is 3.87. The number of nitrogens with zero attached hydrogens (tertiary/aromatic N) is 8. The van der Waals surface area contributed by atoms with E-state index in [-0.39, 0.29) is 0 Å². The monoisotopic (exact) mass is 465 g/mol. The fourth-order valence-corrected chi connectivity index (χ4v) is 5.26. The second-order valence-corrected chi connectivity index (χ2v) is 8.73. The first-order valence-electron chi connectivity index (χ1n) is 10.9. The lowest BCUT2D eigenvalue weighted by Crippen LogP contribution is -2.30. The molecule has 7 rings (SSSR count). The summed E-state index contributed by atoms with van der Waals surface area (Å²) in [6, 6.07) is 24.4. The van der Waals surface area contributed by atoms with E-state index < -0.39 is 0 Å². The first-order chi connectivity index (χ1) is 16.6. The highest BCUT2D eigenvalue weighted by atomic mass is 35.5. The van der Waals surface area contributed by atoms with E-state index in [1.54, 1.807) is 9.36 Å². The normalized spacial score (nSPS) is 13.0. The van der Waals surface area contributed by atoms with Gasteiger partial charge in [0.15, 0.2) is 16.2 Å². The number of rotatable bonds is 2. The molecule has 0 aliphatic rings. The number of hydrogen-bond donors (Lipinski definition) is 0. The molecule has 0 aliphatic heterocycles. The number of fused-ring (bicyclic) bond motifs is 6. The molecule has 164 valence electrons. The zero-order valence-corrected chi connectivity index (χ0v) is 19.1. The SMILES string of the molecule is Cn1nnn2c(/C(c3ccccc3Cl)=c3/c4ccccc4c4n3nn[n+]4C)c3ccccc3c12. The molecular formula is C25H18ClN8+. The molecule has 0 spiro atoms. The van der Waals surface area contributed by atoms with Gasteiger partial charge in [0.1, 0.15) is 5.21 Å². The Morgan fingerprint density at radius 1 is 0.765 bits per heavy atom. The Balaban J connectivity index is 1.84. The summed E-state index contributed by atoms with van der Waals surface area (Å²) < 4.78 is 7.39. The Bertz CT molecular complexity index is 1960. The van der Waals surface area contributed by atoms with Crippen molar-refractivity contribution in [3.8, 4) is 0 Å². The summed E-state index contributed by atoms with van der Waals surface area (Å²) in [5.74, 6) is 0. The fourth-order valence-electron chi connectivity index (χ4n) is 5.03. The molecule has 0 fully saturated rings. The molecule has 0 aliphatic carbocycles. The van der Waals surface area contributed by atoms with Crippen molar-refractivity contribution >= 4 is 50.0 Å². The van der Waals surface area contributed by atoms with E-state index in [1.165, 1.54) is 0 Å². The van der Waals surface area contributed by atoms with Crippen molar-refractivity contribution in [1.82, 2.24) is 34.6 Å². The number of aryl methyl sites for hydroxylation is 2. The van der Waals surface area contributed by atoms with Crippen molar-refractivity contribution in [2.24, 2.45) is 14.1 Å². The Hall–Kier alpha value is -4.30. The molecule has 0 bridgehead atoms. The van der Waals surface area contributed by atoms with E-state index in [9.17, 15) is 0 Å². The first kappa shape index (κ1) is 19.2. The molecule has 9 heteroatoms. The van der Waals surface area contributed by atoms with Crippen LogP contribution in [0.15, 0.2) is 72.8 Å². The lowest BCUT2D eigenvalue weighted by Gasteiger charge is -2.09. The van der Waals surface area contributed by atoms with Gasteiger partial charge in [-0.05, 0) is 27.1 Å². The van der Waals surface area contributed by atoms with Crippen LogP contribution in [0.25, 0.3) is 38.4 Å². The average molecular weight is 466 g/mol. The molecule has 0 amide bonds. The Labute approximate surface area is 197 Å². The lowest BCUT2D eigenvalue weighted by molar-refractivity contribution is -0.706. The van der Waals surface area contributed by atoms with Gasteiger partial charge in [-0.3, -0.25) is 0 Å². The molecule has 4 heterocycles. The third-order valence-corrected chi connectivity index (χ3v) is 6.76. The molecule has 0 saturated carbocycles. The largest absolute Gasteiger partial charge is 0.295 e. The molecule has 3 aromatic carbocycles. The maximum absolute atomic E-state index is 6.85. The van der Waals surface area contributed by atoms with Gasteiger partial charge in [0.05, 0.1) is 23.7 Å². The van der Waals surface area contributed by atoms with Gasteiger partial charge in [-0.2, -0.15) is 4.52 Å². The van der Waals surface area contributed by atoms with Gasteiger partial charge >= 0.3 is 0 Å². The highest BCUT2D eigenvalue weighted by Gasteiger charge is 2.28. The van der Waals surface area contributed by atoms with Gasteiger partial charge < -0.3 is 0 Å². The highest BCUT2D eigenvalue weighted by molar-refractivity contribution is 6.32. The van der Waals surface area contributed by atoms with Gasteiger partial charge in [0.25, 0.3) is 5.65 Å². The summed E-state index contributed by atoms with van der Waals surface area (Å²) >= 11 is 6.85. The van der Waals surface area contributed by atoms with Crippen LogP contribution in [-0.2, 0) is 14.1 Å². The molecule has 7 aromatic rings. The van der Waals surface area contributed by atoms with E-state index in [2.05, 4.69) is 45.1 Å². The lowest BCUT2D eigenvalue weighted by atomic mass is 9.98. The van der Waals surface area contributed by atoms with Crippen LogP contribution < -0.4 is 10.0 Å². The summed E-state index contributed by atoms with van der Waals surface area (Å²) in [5.41, 5.74) is 4.52. The van der Waals surface area contributed by atoms with Crippen molar-refractivity contribution in [2.45, 2.75) is 0 Å². The van der Waals surface area contributed by atoms with Crippen LogP contribution in [0.3, 0.4) is 0 Å². The molecule has 8 nitrogen and oxygen atoms in total. The number of halogens is 1. The van der Waals surface area contributed by atoms with Crippen LogP contribution in [0.5, 0.6) is 0 Å². The van der Waals surface area contributed by atoms with Crippen LogP contribution in [0.2, 0.25) is 5.02 Å². The average Bonchev–Trinajstić information content (AvgIpc) is 3.58. The predicted molar refractivity (Wildman–Crippen MR) is 129 cm³/mol. The van der Waals surface area contributed by atoms with Crippen LogP contribution in [0.1, 0.15) is 11.3 Å². The molecule has 0 N–H and O–H groups in total. The molecule has 34 heavy (non-hydrogen) atoms. The minimum Gasteiger partial charge on any atom is -0.230 e. The zero-order valence-electron chi connectivity index (χ0n) is 18.4. The standard InChI is InChI=1S/C25H18ClN8/c1-31-24-17-11-5-3-9-15(17)22(33(24)29-27-31)21(19-13-7-8-14-20(19)26)23-16-10-4-6-12-18(16)25-32(2)28-30-34(23)25/h3-14H,1-2H3/q+1. The Morgan fingerprint density at radius 3 is 2.24 bits per heavy atom. The number of aromatic nitrogens is 8. The van der Waals surface area contributed by atoms with Crippen LogP contribution in [0, 0.1) is 0 Å². The number of hydrogen-bond acceptors (Lipinski definition) is 4. The summed E-state index contributed by atoms with van der Waals surface area (Å²) in [7, 11) is 3.81. The van der Waals surface area contributed by atoms with Crippen molar-refractivity contribution in [2.75, 3.05) is 0 Å². The van der Waals surface area contributed by atoms with E-state index >= 15 is 0 Å². The van der Waals surface area contributed by atoms with Crippen LogP contribution in [-0.4, -0.2) is 34.6 Å². The molecule has 0 saturated heterocycles. The first-order valence-corrected chi connectivity index (χ1v) is 11.2. The Morgan fingerprint density at radius 2 is 1.44 bits per heavy atom. The summed E-state index contributed by atoms with van der Waals surface area (Å²) in [5, 5.41) is 23.5. The minimum absolute atomic E-state index is 0.642. The van der Waals surface area contributed by atoms with Crippen molar-refractivity contribution < 1.29 is 4.68 Å². The van der Waals surface area contributed by atoms with E-state index in [0.717, 1.165) is 55.0 Å². The van der Waals surface area contributed by atoms with Crippen LogP contribution >= 0.6 is 11.6 Å². The molecular weight excluding hydrogens is 448 g/mol. The molecule has 0 radical (unpaired) electrons. The van der Waals surface area contributed by atoms with Crippen molar-refractivity contribution in [1.29, 1.82) is 0 Å². The predicted octanol–water partition coefficient (Wildman–Crippen LogP) is 2.86. The third kappa shape index (κ3) is 2.40. The number of tetrazole rings is 2. The fraction of sp³-hybridized carbons (Fsp3) is 0.0800. The van der Waals surface area contributed by atoms with Gasteiger partial charge in [-0.1, -0.05) is 72.3 Å². The minimum atomic E-state index is 0.642. The third-order valence-electron chi connectivity index (χ3n) is 6.43. The van der Waals surface area contributed by atoms with E-state index in [0.29, 0.717) is 5.02 Å². The number of benzene rings is 3. The topological polar surface area (TPSA) is 69.2 Å². The summed E-state index contributed by atoms with van der Waals surface area (Å²) in [6.45, 7) is 0. The zero-order chi connectivity index (χ0) is 23.0. The maximum atomic E-state index is 6.85. The molecule has 0 atom stereocenters. The van der Waals surface area contributed by atoms with E-state index in [1.807, 2.05) is 71.7 Å². The van der Waals surface area contributed by atoms with Gasteiger partial charge in [0, 0.05) is 33.8 Å². The second kappa shape index (κ2) is 6.85. The highest BCUT2D eigenvalue weighted by Crippen LogP contribution is 2.35. The smallest absolute Gasteiger partial charge is 0.230 e. The van der Waals surface area contributed by atoms with Gasteiger partial charge in [0.2, 0.25) is 0 Å². The molecule has 4 aromatic heterocycles. The summed E-state index contributed by atoms with van der Waals surface area (Å²) in [6.07, 6.45) is 0. The van der Waals surface area contributed by atoms with Crippen LogP contribution in [0.4, 0.5) is 0 Å². The quantitative estimate of drug-likeness (QED) is 0.368.